The van der Waals surface area contributed by atoms with Gasteiger partial charge < -0.3 is 10.2 Å². The van der Waals surface area contributed by atoms with Crippen molar-refractivity contribution in [2.24, 2.45) is 11.3 Å². The van der Waals surface area contributed by atoms with Crippen molar-refractivity contribution in [3.05, 3.63) is 0 Å². The third-order valence-electron chi connectivity index (χ3n) is 4.04. The minimum absolute atomic E-state index is 0.628. The third-order valence-corrected chi connectivity index (χ3v) is 4.04. The molecule has 1 saturated heterocycles. The molecule has 1 aliphatic rings. The summed E-state index contributed by atoms with van der Waals surface area (Å²) in [6, 6.07) is 0. The van der Waals surface area contributed by atoms with Crippen LogP contribution in [0.4, 0.5) is 0 Å². The molecule has 1 N–H and O–H groups in total. The van der Waals surface area contributed by atoms with Crippen LogP contribution in [-0.4, -0.2) is 38.1 Å². The van der Waals surface area contributed by atoms with Gasteiger partial charge in [0.1, 0.15) is 0 Å². The van der Waals surface area contributed by atoms with Crippen molar-refractivity contribution in [2.45, 2.75) is 40.0 Å². The topological polar surface area (TPSA) is 15.3 Å². The number of nitrogens with zero attached hydrogens (tertiary/aromatic N) is 1. The molecule has 0 bridgehead atoms. The molecule has 1 heterocycles. The lowest BCUT2D eigenvalue weighted by molar-refractivity contribution is 0.103. The molecule has 0 aromatic heterocycles. The second-order valence-electron chi connectivity index (χ2n) is 5.63. The Bertz CT molecular complexity index is 171. The van der Waals surface area contributed by atoms with Gasteiger partial charge >= 0.3 is 0 Å². The SMILES string of the molecule is CCC1(C)CCN(CC(C)CNC)CC1. The van der Waals surface area contributed by atoms with Crippen LogP contribution in [0.25, 0.3) is 0 Å². The van der Waals surface area contributed by atoms with Gasteiger partial charge in [-0.2, -0.15) is 0 Å². The van der Waals surface area contributed by atoms with Crippen molar-refractivity contribution in [1.29, 1.82) is 0 Å². The first kappa shape index (κ1) is 13.0. The third kappa shape index (κ3) is 4.12. The quantitative estimate of drug-likeness (QED) is 0.752. The van der Waals surface area contributed by atoms with Gasteiger partial charge in [0.05, 0.1) is 0 Å². The highest BCUT2D eigenvalue weighted by atomic mass is 15.1. The summed E-state index contributed by atoms with van der Waals surface area (Å²) < 4.78 is 0. The first-order valence-electron chi connectivity index (χ1n) is 6.46. The predicted molar refractivity (Wildman–Crippen MR) is 67.2 cm³/mol. The molecule has 0 aromatic rings. The Hall–Kier alpha value is -0.0800. The first-order valence-corrected chi connectivity index (χ1v) is 6.46. The fraction of sp³-hybridized carbons (Fsp3) is 1.00. The smallest absolute Gasteiger partial charge is 0.00191 e. The van der Waals surface area contributed by atoms with Gasteiger partial charge in [0.15, 0.2) is 0 Å². The Morgan fingerprint density at radius 2 is 1.93 bits per heavy atom. The molecule has 1 atom stereocenters. The maximum atomic E-state index is 3.26. The summed E-state index contributed by atoms with van der Waals surface area (Å²) >= 11 is 0. The zero-order valence-electron chi connectivity index (χ0n) is 11.0. The lowest BCUT2D eigenvalue weighted by atomic mass is 9.78. The van der Waals surface area contributed by atoms with E-state index in [0.717, 1.165) is 12.5 Å². The molecule has 1 fully saturated rings. The van der Waals surface area contributed by atoms with E-state index < -0.39 is 0 Å². The van der Waals surface area contributed by atoms with E-state index >= 15 is 0 Å². The van der Waals surface area contributed by atoms with Crippen LogP contribution in [0.1, 0.15) is 40.0 Å². The fourth-order valence-corrected chi connectivity index (χ4v) is 2.48. The highest BCUT2D eigenvalue weighted by molar-refractivity contribution is 4.81. The van der Waals surface area contributed by atoms with Gasteiger partial charge in [0.2, 0.25) is 0 Å². The standard InChI is InChI=1S/C13H28N2/c1-5-13(3)6-8-15(9-7-13)11-12(2)10-14-4/h12,14H,5-11H2,1-4H3. The van der Waals surface area contributed by atoms with Crippen molar-refractivity contribution in [3.8, 4) is 0 Å². The van der Waals surface area contributed by atoms with E-state index in [4.69, 9.17) is 0 Å². The minimum Gasteiger partial charge on any atom is -0.319 e. The molecule has 2 nitrogen and oxygen atoms in total. The number of hydrogen-bond donors (Lipinski definition) is 1. The van der Waals surface area contributed by atoms with Gasteiger partial charge in [-0.25, -0.2) is 0 Å². The van der Waals surface area contributed by atoms with Crippen LogP contribution in [0.2, 0.25) is 0 Å². The summed E-state index contributed by atoms with van der Waals surface area (Å²) in [5.74, 6) is 0.779. The lowest BCUT2D eigenvalue weighted by Gasteiger charge is -2.39. The predicted octanol–water partition coefficient (Wildman–Crippen LogP) is 2.35. The Kier molecular flexibility index (Phi) is 5.07. The zero-order chi connectivity index (χ0) is 11.3. The number of likely N-dealkylation sites (tertiary alicyclic amines) is 1. The lowest BCUT2D eigenvalue weighted by Crippen LogP contribution is -2.41. The maximum absolute atomic E-state index is 3.26. The van der Waals surface area contributed by atoms with Gasteiger partial charge in [0.25, 0.3) is 0 Å². The second-order valence-corrected chi connectivity index (χ2v) is 5.63. The van der Waals surface area contributed by atoms with Crippen LogP contribution in [0.3, 0.4) is 0 Å². The van der Waals surface area contributed by atoms with Crippen LogP contribution in [0.15, 0.2) is 0 Å². The van der Waals surface area contributed by atoms with Crippen LogP contribution in [0.5, 0.6) is 0 Å². The Balaban J connectivity index is 2.25. The van der Waals surface area contributed by atoms with Crippen molar-refractivity contribution in [1.82, 2.24) is 10.2 Å². The van der Waals surface area contributed by atoms with E-state index in [1.54, 1.807) is 0 Å². The van der Waals surface area contributed by atoms with E-state index in [1.807, 2.05) is 7.05 Å². The molecule has 15 heavy (non-hydrogen) atoms. The zero-order valence-corrected chi connectivity index (χ0v) is 11.0. The molecule has 1 rings (SSSR count). The summed E-state index contributed by atoms with van der Waals surface area (Å²) in [7, 11) is 2.04. The Morgan fingerprint density at radius 3 is 2.40 bits per heavy atom. The van der Waals surface area contributed by atoms with Gasteiger partial charge in [-0.15, -0.1) is 0 Å². The first-order chi connectivity index (χ1) is 7.09. The van der Waals surface area contributed by atoms with Gasteiger partial charge in [-0.3, -0.25) is 0 Å². The fourth-order valence-electron chi connectivity index (χ4n) is 2.48. The molecule has 0 radical (unpaired) electrons. The summed E-state index contributed by atoms with van der Waals surface area (Å²) in [6.45, 7) is 12.1. The van der Waals surface area contributed by atoms with Crippen LogP contribution >= 0.6 is 0 Å². The largest absolute Gasteiger partial charge is 0.319 e. The van der Waals surface area contributed by atoms with Crippen molar-refractivity contribution >= 4 is 0 Å². The van der Waals surface area contributed by atoms with E-state index in [-0.39, 0.29) is 0 Å². The summed E-state index contributed by atoms with van der Waals surface area (Å²) in [4.78, 5) is 2.64. The van der Waals surface area contributed by atoms with Crippen molar-refractivity contribution in [3.63, 3.8) is 0 Å². The van der Waals surface area contributed by atoms with Crippen LogP contribution in [0, 0.1) is 11.3 Å². The van der Waals surface area contributed by atoms with Crippen molar-refractivity contribution in [2.75, 3.05) is 33.2 Å². The molecule has 0 saturated carbocycles. The monoisotopic (exact) mass is 212 g/mol. The molecule has 0 aromatic carbocycles. The van der Waals surface area contributed by atoms with E-state index in [2.05, 4.69) is 31.0 Å². The van der Waals surface area contributed by atoms with Gasteiger partial charge in [0, 0.05) is 6.54 Å². The normalized spacial score (nSPS) is 24.0. The Morgan fingerprint density at radius 1 is 1.33 bits per heavy atom. The number of hydrogen-bond acceptors (Lipinski definition) is 2. The van der Waals surface area contributed by atoms with E-state index in [9.17, 15) is 0 Å². The highest BCUT2D eigenvalue weighted by Gasteiger charge is 2.28. The van der Waals surface area contributed by atoms with Gasteiger partial charge in [-0.05, 0) is 50.9 Å². The molecule has 0 spiro atoms. The molecule has 2 heteroatoms. The summed E-state index contributed by atoms with van der Waals surface area (Å²) in [5, 5.41) is 3.26. The number of piperidine rings is 1. The van der Waals surface area contributed by atoms with Gasteiger partial charge in [-0.1, -0.05) is 27.2 Å². The molecular weight excluding hydrogens is 184 g/mol. The minimum atomic E-state index is 0.628. The summed E-state index contributed by atoms with van der Waals surface area (Å²) in [5.41, 5.74) is 0.628. The van der Waals surface area contributed by atoms with E-state index in [1.165, 1.54) is 38.9 Å². The molecular formula is C13H28N2. The second kappa shape index (κ2) is 5.86. The maximum Gasteiger partial charge on any atom is 0.00191 e. The van der Waals surface area contributed by atoms with E-state index in [0.29, 0.717) is 5.41 Å². The van der Waals surface area contributed by atoms with Crippen LogP contribution in [-0.2, 0) is 0 Å². The molecule has 0 aliphatic carbocycles. The molecule has 1 aliphatic heterocycles. The van der Waals surface area contributed by atoms with Crippen LogP contribution < -0.4 is 5.32 Å². The highest BCUT2D eigenvalue weighted by Crippen LogP contribution is 2.33. The Labute approximate surface area is 95.4 Å². The average molecular weight is 212 g/mol. The van der Waals surface area contributed by atoms with Crippen molar-refractivity contribution < 1.29 is 0 Å². The molecule has 90 valence electrons. The number of rotatable bonds is 5. The number of nitrogens with one attached hydrogen (secondary N) is 1. The molecule has 0 amide bonds. The summed E-state index contributed by atoms with van der Waals surface area (Å²) in [6.07, 6.45) is 4.11. The average Bonchev–Trinajstić information content (AvgIpc) is 2.22. The molecule has 1 unspecified atom stereocenters.